The van der Waals surface area contributed by atoms with Crippen LogP contribution in [-0.2, 0) is 17.5 Å². The lowest BCUT2D eigenvalue weighted by Gasteiger charge is -2.21. The second-order valence-electron chi connectivity index (χ2n) is 7.84. The van der Waals surface area contributed by atoms with Crippen molar-refractivity contribution in [2.75, 3.05) is 5.43 Å². The van der Waals surface area contributed by atoms with Gasteiger partial charge in [-0.1, -0.05) is 19.9 Å². The Morgan fingerprint density at radius 3 is 2.24 bits per heavy atom. The number of alkyl carbamates (subject to hydrolysis) is 1. The van der Waals surface area contributed by atoms with Crippen LogP contribution in [0, 0.1) is 5.82 Å². The fraction of sp³-hybridized carbons (Fsp3) is 0.348. The number of amides is 1. The molecule has 2 aromatic carbocycles. The zero-order valence-electron chi connectivity index (χ0n) is 19.4. The van der Waals surface area contributed by atoms with Gasteiger partial charge in [0.1, 0.15) is 11.4 Å². The Morgan fingerprint density at radius 1 is 1.06 bits per heavy atom. The number of benzene rings is 2. The van der Waals surface area contributed by atoms with Crippen LogP contribution in [0.5, 0.6) is 0 Å². The van der Waals surface area contributed by atoms with Crippen LogP contribution in [0.15, 0.2) is 47.3 Å². The van der Waals surface area contributed by atoms with Crippen molar-refractivity contribution >= 4 is 22.7 Å². The van der Waals surface area contributed by atoms with E-state index in [4.69, 9.17) is 4.74 Å². The molecule has 34 heavy (non-hydrogen) atoms. The van der Waals surface area contributed by atoms with Gasteiger partial charge in [0.2, 0.25) is 0 Å². The van der Waals surface area contributed by atoms with E-state index in [1.807, 2.05) is 13.8 Å². The quantitative estimate of drug-likeness (QED) is 0.481. The topological polar surface area (TPSA) is 85.2 Å². The predicted octanol–water partition coefficient (Wildman–Crippen LogP) is 5.48. The minimum atomic E-state index is -4.79. The van der Waals surface area contributed by atoms with Crippen LogP contribution < -0.4 is 16.3 Å². The van der Waals surface area contributed by atoms with Crippen LogP contribution in [-0.4, -0.2) is 21.4 Å². The van der Waals surface area contributed by atoms with Gasteiger partial charge in [-0.15, -0.1) is 0 Å². The number of rotatable bonds is 4. The highest BCUT2D eigenvalue weighted by molar-refractivity contribution is 5.82. The fourth-order valence-electron chi connectivity index (χ4n) is 2.87. The maximum absolute atomic E-state index is 13.5. The summed E-state index contributed by atoms with van der Waals surface area (Å²) in [6.07, 6.45) is -5.59. The molecule has 7 nitrogen and oxygen atoms in total. The largest absolute Gasteiger partial charge is 0.444 e. The molecule has 0 spiro atoms. The summed E-state index contributed by atoms with van der Waals surface area (Å²) in [5, 5.41) is 1.78. The third kappa shape index (κ3) is 6.69. The number of hydrogen-bond donors (Lipinski definition) is 2. The summed E-state index contributed by atoms with van der Waals surface area (Å²) in [5.41, 5.74) is -0.307. The third-order valence-electron chi connectivity index (χ3n) is 4.15. The van der Waals surface area contributed by atoms with Crippen LogP contribution >= 0.6 is 0 Å². The van der Waals surface area contributed by atoms with E-state index in [2.05, 4.69) is 15.7 Å². The molecule has 3 aromatic rings. The van der Waals surface area contributed by atoms with Crippen molar-refractivity contribution in [3.8, 4) is 0 Å². The molecule has 1 heterocycles. The number of alkyl halides is 3. The average Bonchev–Trinajstić information content (AvgIpc) is 2.75. The summed E-state index contributed by atoms with van der Waals surface area (Å²) in [7, 11) is 0. The molecule has 184 valence electrons. The normalized spacial score (nSPS) is 11.4. The highest BCUT2D eigenvalue weighted by Gasteiger charge is 2.34. The van der Waals surface area contributed by atoms with Crippen molar-refractivity contribution in [3.63, 3.8) is 0 Å². The first-order chi connectivity index (χ1) is 15.8. The van der Waals surface area contributed by atoms with Crippen molar-refractivity contribution in [2.45, 2.75) is 52.9 Å². The van der Waals surface area contributed by atoms with Gasteiger partial charge in [-0.25, -0.2) is 18.8 Å². The molecule has 0 saturated heterocycles. The molecule has 0 radical (unpaired) electrons. The zero-order valence-corrected chi connectivity index (χ0v) is 19.4. The van der Waals surface area contributed by atoms with Gasteiger partial charge in [0, 0.05) is 0 Å². The first kappa shape index (κ1) is 26.6. The van der Waals surface area contributed by atoms with E-state index in [-0.39, 0.29) is 23.6 Å². The maximum atomic E-state index is 13.5. The molecule has 0 atom stereocenters. The summed E-state index contributed by atoms with van der Waals surface area (Å²) < 4.78 is 59.6. The first-order valence-electron chi connectivity index (χ1n) is 10.5. The van der Waals surface area contributed by atoms with Crippen molar-refractivity contribution in [2.24, 2.45) is 0 Å². The smallest absolute Gasteiger partial charge is 0.417 e. The molecular weight excluding hydrogens is 456 g/mol. The van der Waals surface area contributed by atoms with E-state index >= 15 is 0 Å². The highest BCUT2D eigenvalue weighted by atomic mass is 19.4. The molecule has 0 aliphatic carbocycles. The third-order valence-corrected chi connectivity index (χ3v) is 4.15. The van der Waals surface area contributed by atoms with E-state index in [1.54, 1.807) is 20.8 Å². The Labute approximate surface area is 193 Å². The standard InChI is InChI=1S/C21H20F4N4O3.C2H6/c1-20(2,3)32-19(31)26-11-16-27-15-6-4-5-14(21(23,24)25)17(15)18(30)29(16)28-13-9-7-12(22)8-10-13;1-2/h4-10,28H,11H2,1-3H3,(H,26,31);1-2H3. The van der Waals surface area contributed by atoms with E-state index in [0.29, 0.717) is 0 Å². The van der Waals surface area contributed by atoms with E-state index in [0.717, 1.165) is 28.9 Å². The fourth-order valence-corrected chi connectivity index (χ4v) is 2.87. The Balaban J connectivity index is 0.00000199. The average molecular weight is 482 g/mol. The van der Waals surface area contributed by atoms with Crippen LogP contribution in [0.25, 0.3) is 10.9 Å². The molecule has 11 heteroatoms. The summed E-state index contributed by atoms with van der Waals surface area (Å²) in [6, 6.07) is 8.01. The van der Waals surface area contributed by atoms with E-state index in [1.165, 1.54) is 18.2 Å². The molecule has 0 saturated carbocycles. The minimum Gasteiger partial charge on any atom is -0.444 e. The van der Waals surface area contributed by atoms with Crippen LogP contribution in [0.2, 0.25) is 0 Å². The second-order valence-corrected chi connectivity index (χ2v) is 7.84. The molecule has 2 N–H and O–H groups in total. The van der Waals surface area contributed by atoms with Gasteiger partial charge in [0.25, 0.3) is 5.56 Å². The second kappa shape index (κ2) is 10.5. The lowest BCUT2D eigenvalue weighted by Crippen LogP contribution is -2.37. The minimum absolute atomic E-state index is 0.0861. The number of carbonyl (C=O) groups excluding carboxylic acids is 1. The number of ether oxygens (including phenoxy) is 1. The zero-order chi connectivity index (χ0) is 25.7. The molecule has 1 aromatic heterocycles. The van der Waals surface area contributed by atoms with Crippen molar-refractivity contribution in [1.29, 1.82) is 0 Å². The van der Waals surface area contributed by atoms with E-state index < -0.39 is 40.2 Å². The van der Waals surface area contributed by atoms with Crippen LogP contribution in [0.4, 0.5) is 28.0 Å². The SMILES string of the molecule is CC.CC(C)(C)OC(=O)NCc1nc2cccc(C(F)(F)F)c2c(=O)n1Nc1ccc(F)cc1. The summed E-state index contributed by atoms with van der Waals surface area (Å²) >= 11 is 0. The number of nitrogens with one attached hydrogen (secondary N) is 2. The molecule has 0 aliphatic heterocycles. The van der Waals surface area contributed by atoms with Crippen molar-refractivity contribution in [3.05, 3.63) is 70.0 Å². The number of carbonyl (C=O) groups is 1. The number of halogens is 4. The van der Waals surface area contributed by atoms with Gasteiger partial charge in [-0.2, -0.15) is 13.2 Å². The number of nitrogens with zero attached hydrogens (tertiary/aromatic N) is 2. The number of hydrogen-bond acceptors (Lipinski definition) is 5. The van der Waals surface area contributed by atoms with Crippen LogP contribution in [0.3, 0.4) is 0 Å². The lowest BCUT2D eigenvalue weighted by molar-refractivity contribution is -0.136. The molecule has 0 unspecified atom stereocenters. The number of aromatic nitrogens is 2. The first-order valence-corrected chi connectivity index (χ1v) is 10.5. The summed E-state index contributed by atoms with van der Waals surface area (Å²) in [6.45, 7) is 8.65. The Morgan fingerprint density at radius 2 is 1.68 bits per heavy atom. The number of anilines is 1. The highest BCUT2D eigenvalue weighted by Crippen LogP contribution is 2.32. The van der Waals surface area contributed by atoms with Gasteiger partial charge < -0.3 is 10.1 Å². The van der Waals surface area contributed by atoms with Gasteiger partial charge in [0.15, 0.2) is 5.82 Å². The molecule has 3 rings (SSSR count). The maximum Gasteiger partial charge on any atom is 0.417 e. The van der Waals surface area contributed by atoms with Crippen molar-refractivity contribution in [1.82, 2.24) is 15.0 Å². The monoisotopic (exact) mass is 482 g/mol. The molecule has 0 bridgehead atoms. The van der Waals surface area contributed by atoms with Crippen molar-refractivity contribution < 1.29 is 27.1 Å². The molecule has 1 amide bonds. The number of fused-ring (bicyclic) bond motifs is 1. The summed E-state index contributed by atoms with van der Waals surface area (Å²) in [4.78, 5) is 29.3. The Kier molecular flexibility index (Phi) is 8.25. The van der Waals surface area contributed by atoms with Crippen LogP contribution in [0.1, 0.15) is 46.0 Å². The van der Waals surface area contributed by atoms with E-state index in [9.17, 15) is 27.2 Å². The molecular formula is C23H26F4N4O3. The molecule has 0 fully saturated rings. The van der Waals surface area contributed by atoms with Gasteiger partial charge in [-0.05, 0) is 57.2 Å². The van der Waals surface area contributed by atoms with Gasteiger partial charge in [0.05, 0.1) is 28.7 Å². The van der Waals surface area contributed by atoms with Gasteiger partial charge >= 0.3 is 12.3 Å². The lowest BCUT2D eigenvalue weighted by atomic mass is 10.1. The summed E-state index contributed by atoms with van der Waals surface area (Å²) in [5.74, 6) is -0.622. The Bertz CT molecular complexity index is 1200. The molecule has 0 aliphatic rings. The van der Waals surface area contributed by atoms with Gasteiger partial charge in [-0.3, -0.25) is 10.2 Å². The Hall–Kier alpha value is -3.63. The predicted molar refractivity (Wildman–Crippen MR) is 121 cm³/mol.